The number of halogens is 1. The van der Waals surface area contributed by atoms with E-state index >= 15 is 0 Å². The Kier molecular flexibility index (Phi) is 2.44. The Morgan fingerprint density at radius 1 is 1.23 bits per heavy atom. The van der Waals surface area contributed by atoms with Crippen LogP contribution in [0.3, 0.4) is 0 Å². The van der Waals surface area contributed by atoms with E-state index in [9.17, 15) is 0 Å². The van der Waals surface area contributed by atoms with E-state index < -0.39 is 0 Å². The number of benzene rings is 1. The summed E-state index contributed by atoms with van der Waals surface area (Å²) in [7, 11) is 0. The molecule has 0 fully saturated rings. The van der Waals surface area contributed by atoms with E-state index in [1.807, 2.05) is 12.1 Å². The van der Waals surface area contributed by atoms with E-state index in [2.05, 4.69) is 22.9 Å². The van der Waals surface area contributed by atoms with Gasteiger partial charge in [-0.15, -0.1) is 0 Å². The number of fused-ring (bicyclic) bond motifs is 1. The maximum atomic E-state index is 5.48. The Balaban J connectivity index is 2.44. The lowest BCUT2D eigenvalue weighted by molar-refractivity contribution is 0.171. The molecule has 0 bridgehead atoms. The van der Waals surface area contributed by atoms with E-state index in [0.717, 1.165) is 22.4 Å². The van der Waals surface area contributed by atoms with Gasteiger partial charge in [-0.05, 0) is 24.1 Å². The number of hydrogen-bond donors (Lipinski definition) is 0. The fraction of sp³-hybridized carbons (Fsp3) is 0.400. The van der Waals surface area contributed by atoms with Gasteiger partial charge in [0.25, 0.3) is 0 Å². The minimum atomic E-state index is 0.644. The molecule has 2 rings (SSSR count). The maximum absolute atomic E-state index is 5.48. The van der Waals surface area contributed by atoms with E-state index in [1.165, 1.54) is 5.56 Å². The molecular formula is C10H11BrO2. The smallest absolute Gasteiger partial charge is 0.162 e. The minimum absolute atomic E-state index is 0.644. The number of ether oxygens (including phenoxy) is 2. The molecule has 0 saturated heterocycles. The normalized spacial score (nSPS) is 14.3. The summed E-state index contributed by atoms with van der Waals surface area (Å²) in [5, 5.41) is 0. The number of hydrogen-bond acceptors (Lipinski definition) is 2. The average Bonchev–Trinajstić information content (AvgIpc) is 2.17. The quantitative estimate of drug-likeness (QED) is 0.755. The molecule has 2 nitrogen and oxygen atoms in total. The van der Waals surface area contributed by atoms with Crippen LogP contribution < -0.4 is 9.47 Å². The van der Waals surface area contributed by atoms with Gasteiger partial charge < -0.3 is 9.47 Å². The van der Waals surface area contributed by atoms with Crippen molar-refractivity contribution in [2.24, 2.45) is 0 Å². The molecule has 0 amide bonds. The lowest BCUT2D eigenvalue weighted by Crippen LogP contribution is -2.15. The van der Waals surface area contributed by atoms with E-state index in [4.69, 9.17) is 9.47 Å². The van der Waals surface area contributed by atoms with Crippen molar-refractivity contribution in [2.45, 2.75) is 13.3 Å². The van der Waals surface area contributed by atoms with E-state index in [0.29, 0.717) is 13.2 Å². The molecule has 0 radical (unpaired) electrons. The molecule has 0 spiro atoms. The van der Waals surface area contributed by atoms with Gasteiger partial charge in [-0.2, -0.15) is 0 Å². The number of aryl methyl sites for hydroxylation is 1. The largest absolute Gasteiger partial charge is 0.486 e. The summed E-state index contributed by atoms with van der Waals surface area (Å²) < 4.78 is 12.0. The summed E-state index contributed by atoms with van der Waals surface area (Å²) >= 11 is 3.50. The van der Waals surface area contributed by atoms with Crippen LogP contribution in [0.4, 0.5) is 0 Å². The van der Waals surface area contributed by atoms with Crippen LogP contribution in [0, 0.1) is 0 Å². The minimum Gasteiger partial charge on any atom is -0.486 e. The fourth-order valence-corrected chi connectivity index (χ4v) is 1.98. The van der Waals surface area contributed by atoms with Crippen molar-refractivity contribution in [1.82, 2.24) is 0 Å². The highest BCUT2D eigenvalue weighted by molar-refractivity contribution is 9.10. The van der Waals surface area contributed by atoms with Crippen molar-refractivity contribution >= 4 is 15.9 Å². The molecule has 1 aromatic carbocycles. The molecular weight excluding hydrogens is 232 g/mol. The van der Waals surface area contributed by atoms with Crippen molar-refractivity contribution in [3.8, 4) is 11.5 Å². The third kappa shape index (κ3) is 1.66. The van der Waals surface area contributed by atoms with Crippen LogP contribution in [0.25, 0.3) is 0 Å². The molecule has 1 aliphatic heterocycles. The van der Waals surface area contributed by atoms with Crippen LogP contribution in [-0.4, -0.2) is 13.2 Å². The summed E-state index contributed by atoms with van der Waals surface area (Å²) in [6, 6.07) is 4.02. The van der Waals surface area contributed by atoms with Crippen molar-refractivity contribution in [3.63, 3.8) is 0 Å². The fourth-order valence-electron chi connectivity index (χ4n) is 1.38. The molecule has 1 aliphatic rings. The van der Waals surface area contributed by atoms with Gasteiger partial charge in [0.15, 0.2) is 11.5 Å². The van der Waals surface area contributed by atoms with Crippen molar-refractivity contribution < 1.29 is 9.47 Å². The Morgan fingerprint density at radius 3 is 2.46 bits per heavy atom. The lowest BCUT2D eigenvalue weighted by atomic mass is 10.1. The lowest BCUT2D eigenvalue weighted by Gasteiger charge is -2.19. The first-order valence-corrected chi connectivity index (χ1v) is 5.18. The summed E-state index contributed by atoms with van der Waals surface area (Å²) in [6.07, 6.45) is 0.997. The highest BCUT2D eigenvalue weighted by atomic mass is 79.9. The molecule has 1 heterocycles. The zero-order valence-electron chi connectivity index (χ0n) is 7.47. The zero-order valence-corrected chi connectivity index (χ0v) is 9.06. The molecule has 0 saturated carbocycles. The summed E-state index contributed by atoms with van der Waals surface area (Å²) in [4.78, 5) is 0. The summed E-state index contributed by atoms with van der Waals surface area (Å²) in [5.74, 6) is 1.71. The zero-order chi connectivity index (χ0) is 9.26. The Bertz CT molecular complexity index is 323. The van der Waals surface area contributed by atoms with Gasteiger partial charge in [-0.1, -0.05) is 22.9 Å². The maximum Gasteiger partial charge on any atom is 0.162 e. The third-order valence-corrected chi connectivity index (χ3v) is 2.83. The van der Waals surface area contributed by atoms with Crippen LogP contribution in [0.15, 0.2) is 16.6 Å². The first-order valence-electron chi connectivity index (χ1n) is 4.39. The van der Waals surface area contributed by atoms with Gasteiger partial charge in [-0.3, -0.25) is 0 Å². The first kappa shape index (κ1) is 8.88. The monoisotopic (exact) mass is 242 g/mol. The average molecular weight is 243 g/mol. The predicted octanol–water partition coefficient (Wildman–Crippen LogP) is 2.78. The van der Waals surface area contributed by atoms with Gasteiger partial charge in [0.2, 0.25) is 0 Å². The van der Waals surface area contributed by atoms with Gasteiger partial charge in [0.05, 0.1) is 0 Å². The topological polar surface area (TPSA) is 18.5 Å². The van der Waals surface area contributed by atoms with Crippen molar-refractivity contribution in [1.29, 1.82) is 0 Å². The molecule has 1 aromatic rings. The van der Waals surface area contributed by atoms with Crippen LogP contribution in [-0.2, 0) is 6.42 Å². The molecule has 13 heavy (non-hydrogen) atoms. The van der Waals surface area contributed by atoms with Gasteiger partial charge in [-0.25, -0.2) is 0 Å². The molecule has 0 aromatic heterocycles. The highest BCUT2D eigenvalue weighted by Gasteiger charge is 2.13. The second-order valence-electron chi connectivity index (χ2n) is 2.94. The first-order chi connectivity index (χ1) is 6.31. The molecule has 0 atom stereocenters. The van der Waals surface area contributed by atoms with Crippen LogP contribution in [0.2, 0.25) is 0 Å². The number of rotatable bonds is 1. The Labute approximate surface area is 86.0 Å². The van der Waals surface area contributed by atoms with Crippen LogP contribution >= 0.6 is 15.9 Å². The van der Waals surface area contributed by atoms with Crippen LogP contribution in [0.5, 0.6) is 11.5 Å². The van der Waals surface area contributed by atoms with Crippen LogP contribution in [0.1, 0.15) is 12.5 Å². The van der Waals surface area contributed by atoms with Crippen molar-refractivity contribution in [2.75, 3.05) is 13.2 Å². The predicted molar refractivity (Wildman–Crippen MR) is 54.5 cm³/mol. The third-order valence-electron chi connectivity index (χ3n) is 2.09. The van der Waals surface area contributed by atoms with E-state index in [-0.39, 0.29) is 0 Å². The van der Waals surface area contributed by atoms with E-state index in [1.54, 1.807) is 0 Å². The molecule has 70 valence electrons. The Hall–Kier alpha value is -0.700. The highest BCUT2D eigenvalue weighted by Crippen LogP contribution is 2.35. The molecule has 0 unspecified atom stereocenters. The van der Waals surface area contributed by atoms with Gasteiger partial charge in [0, 0.05) is 4.47 Å². The second kappa shape index (κ2) is 3.58. The molecule has 0 N–H and O–H groups in total. The van der Waals surface area contributed by atoms with Crippen molar-refractivity contribution in [3.05, 3.63) is 22.2 Å². The summed E-state index contributed by atoms with van der Waals surface area (Å²) in [6.45, 7) is 3.42. The molecule has 3 heteroatoms. The standard InChI is InChI=1S/C10H11BrO2/c1-2-7-5-9-10(6-8(7)11)13-4-3-12-9/h5-6H,2-4H2,1H3. The molecule has 0 aliphatic carbocycles. The Morgan fingerprint density at radius 2 is 1.85 bits per heavy atom. The van der Waals surface area contributed by atoms with Gasteiger partial charge >= 0.3 is 0 Å². The van der Waals surface area contributed by atoms with Gasteiger partial charge in [0.1, 0.15) is 13.2 Å². The second-order valence-corrected chi connectivity index (χ2v) is 3.80. The SMILES string of the molecule is CCc1cc2c(cc1Br)OCCO2. The summed E-state index contributed by atoms with van der Waals surface area (Å²) in [5.41, 5.74) is 1.25.